The number of amides is 1. The standard InChI is InChI=1S/C26H33N7O4/c1-26(2,3)37-25(35)32-14-10-13-18(15-32)21-29-22-19(23(34)36-6)20(17-11-8-7-9-12-17)28-24(33(22)30-21)27-16-31(4)5/h7-9,11-12,16,18H,10,13-15H2,1-6H3. The van der Waals surface area contributed by atoms with E-state index in [9.17, 15) is 9.59 Å². The molecule has 0 spiro atoms. The number of rotatable bonds is 5. The number of likely N-dealkylation sites (tertiary alicyclic amines) is 1. The largest absolute Gasteiger partial charge is 0.465 e. The summed E-state index contributed by atoms with van der Waals surface area (Å²) in [4.78, 5) is 43.2. The average molecular weight is 508 g/mol. The van der Waals surface area contributed by atoms with Gasteiger partial charge in [0.05, 0.1) is 19.1 Å². The number of carbonyl (C=O) groups excluding carboxylic acids is 2. The highest BCUT2D eigenvalue weighted by Crippen LogP contribution is 2.31. The van der Waals surface area contributed by atoms with E-state index in [2.05, 4.69) is 4.99 Å². The summed E-state index contributed by atoms with van der Waals surface area (Å²) in [6.45, 7) is 6.55. The number of methoxy groups -OCH3 is 1. The third-order valence-electron chi connectivity index (χ3n) is 5.76. The van der Waals surface area contributed by atoms with E-state index in [1.54, 1.807) is 16.1 Å². The van der Waals surface area contributed by atoms with E-state index >= 15 is 0 Å². The summed E-state index contributed by atoms with van der Waals surface area (Å²) in [5.41, 5.74) is 1.06. The van der Waals surface area contributed by atoms with Gasteiger partial charge in [-0.25, -0.2) is 24.5 Å². The summed E-state index contributed by atoms with van der Waals surface area (Å²) in [7, 11) is 5.02. The Labute approximate surface area is 216 Å². The summed E-state index contributed by atoms with van der Waals surface area (Å²) >= 11 is 0. The molecule has 1 fully saturated rings. The van der Waals surface area contributed by atoms with Gasteiger partial charge in [-0.2, -0.15) is 4.52 Å². The van der Waals surface area contributed by atoms with Crippen molar-refractivity contribution in [2.24, 2.45) is 4.99 Å². The van der Waals surface area contributed by atoms with Crippen LogP contribution in [0.4, 0.5) is 10.7 Å². The number of esters is 1. The predicted molar refractivity (Wildman–Crippen MR) is 139 cm³/mol. The maximum Gasteiger partial charge on any atom is 0.410 e. The minimum absolute atomic E-state index is 0.141. The molecule has 1 amide bonds. The highest BCUT2D eigenvalue weighted by atomic mass is 16.6. The highest BCUT2D eigenvalue weighted by molar-refractivity contribution is 6.02. The van der Waals surface area contributed by atoms with E-state index in [4.69, 9.17) is 24.5 Å². The molecule has 11 nitrogen and oxygen atoms in total. The van der Waals surface area contributed by atoms with Crippen LogP contribution in [0.3, 0.4) is 0 Å². The van der Waals surface area contributed by atoms with E-state index < -0.39 is 11.6 Å². The van der Waals surface area contributed by atoms with Gasteiger partial charge in [-0.1, -0.05) is 30.3 Å². The van der Waals surface area contributed by atoms with Gasteiger partial charge in [0.2, 0.25) is 0 Å². The van der Waals surface area contributed by atoms with E-state index in [1.807, 2.05) is 65.2 Å². The van der Waals surface area contributed by atoms with Crippen LogP contribution < -0.4 is 0 Å². The van der Waals surface area contributed by atoms with Crippen molar-refractivity contribution in [1.29, 1.82) is 0 Å². The van der Waals surface area contributed by atoms with Crippen molar-refractivity contribution in [3.05, 3.63) is 41.7 Å². The molecule has 3 aromatic rings. The predicted octanol–water partition coefficient (Wildman–Crippen LogP) is 3.91. The fourth-order valence-corrected chi connectivity index (χ4v) is 4.14. The Kier molecular flexibility index (Phi) is 7.42. The molecule has 3 heterocycles. The van der Waals surface area contributed by atoms with Crippen LogP contribution in [-0.2, 0) is 9.47 Å². The van der Waals surface area contributed by atoms with Crippen LogP contribution in [-0.4, -0.2) is 87.7 Å². The Hall–Kier alpha value is -4.02. The molecule has 0 N–H and O–H groups in total. The van der Waals surface area contributed by atoms with E-state index in [1.165, 1.54) is 11.6 Å². The number of aliphatic imine (C=N–C) groups is 1. The van der Waals surface area contributed by atoms with Crippen molar-refractivity contribution >= 4 is 30.0 Å². The summed E-state index contributed by atoms with van der Waals surface area (Å²) in [6, 6.07) is 9.35. The van der Waals surface area contributed by atoms with Gasteiger partial charge in [-0.3, -0.25) is 0 Å². The second-order valence-electron chi connectivity index (χ2n) is 10.2. The molecule has 0 radical (unpaired) electrons. The topological polar surface area (TPSA) is 115 Å². The van der Waals surface area contributed by atoms with Crippen LogP contribution in [0.5, 0.6) is 0 Å². The van der Waals surface area contributed by atoms with Crippen molar-refractivity contribution in [2.45, 2.75) is 45.1 Å². The number of carbonyl (C=O) groups is 2. The van der Waals surface area contributed by atoms with Gasteiger partial charge in [0.15, 0.2) is 11.5 Å². The molecule has 196 valence electrons. The maximum atomic E-state index is 13.0. The molecule has 37 heavy (non-hydrogen) atoms. The molecule has 1 unspecified atom stereocenters. The third kappa shape index (κ3) is 5.87. The van der Waals surface area contributed by atoms with Gasteiger partial charge in [0, 0.05) is 38.7 Å². The first kappa shape index (κ1) is 26.1. The Morgan fingerprint density at radius 1 is 1.16 bits per heavy atom. The van der Waals surface area contributed by atoms with Crippen molar-refractivity contribution in [1.82, 2.24) is 29.4 Å². The zero-order chi connectivity index (χ0) is 26.7. The molecular formula is C26H33N7O4. The number of nitrogens with zero attached hydrogens (tertiary/aromatic N) is 7. The molecular weight excluding hydrogens is 474 g/mol. The highest BCUT2D eigenvalue weighted by Gasteiger charge is 2.32. The van der Waals surface area contributed by atoms with Crippen molar-refractivity contribution in [3.63, 3.8) is 0 Å². The smallest absolute Gasteiger partial charge is 0.410 e. The lowest BCUT2D eigenvalue weighted by molar-refractivity contribution is 0.0196. The van der Waals surface area contributed by atoms with Crippen LogP contribution >= 0.6 is 0 Å². The molecule has 4 rings (SSSR count). The quantitative estimate of drug-likeness (QED) is 0.290. The van der Waals surface area contributed by atoms with Crippen LogP contribution in [0.1, 0.15) is 55.7 Å². The molecule has 1 aliphatic heterocycles. The van der Waals surface area contributed by atoms with E-state index in [0.717, 1.165) is 18.4 Å². The number of hydrogen-bond donors (Lipinski definition) is 0. The fraction of sp³-hybridized carbons (Fsp3) is 0.462. The minimum Gasteiger partial charge on any atom is -0.465 e. The molecule has 0 aliphatic carbocycles. The first-order chi connectivity index (χ1) is 17.6. The van der Waals surface area contributed by atoms with Crippen molar-refractivity contribution in [2.75, 3.05) is 34.3 Å². The van der Waals surface area contributed by atoms with Gasteiger partial charge in [-0.15, -0.1) is 5.10 Å². The van der Waals surface area contributed by atoms with Gasteiger partial charge >= 0.3 is 12.1 Å². The number of benzene rings is 1. The lowest BCUT2D eigenvalue weighted by atomic mass is 9.98. The second kappa shape index (κ2) is 10.5. The monoisotopic (exact) mass is 507 g/mol. The van der Waals surface area contributed by atoms with Crippen LogP contribution in [0.25, 0.3) is 16.9 Å². The van der Waals surface area contributed by atoms with E-state index in [0.29, 0.717) is 30.3 Å². The Morgan fingerprint density at radius 2 is 1.89 bits per heavy atom. The normalized spacial score (nSPS) is 16.3. The number of hydrogen-bond acceptors (Lipinski definition) is 8. The lowest BCUT2D eigenvalue weighted by Crippen LogP contribution is -2.42. The first-order valence-electron chi connectivity index (χ1n) is 12.2. The number of piperidine rings is 1. The maximum absolute atomic E-state index is 13.0. The molecule has 0 saturated carbocycles. The zero-order valence-corrected chi connectivity index (χ0v) is 22.1. The lowest BCUT2D eigenvalue weighted by Gasteiger charge is -2.33. The van der Waals surface area contributed by atoms with Crippen molar-refractivity contribution < 1.29 is 19.1 Å². The van der Waals surface area contributed by atoms with Gasteiger partial charge < -0.3 is 19.3 Å². The number of ether oxygens (including phenoxy) is 2. The van der Waals surface area contributed by atoms with Gasteiger partial charge in [0.1, 0.15) is 11.2 Å². The molecule has 0 bridgehead atoms. The SMILES string of the molecule is COC(=O)c1c(-c2ccccc2)nc(N=CN(C)C)n2nc(C3CCCN(C(=O)OC(C)(C)C)C3)nc12. The van der Waals surface area contributed by atoms with E-state index in [-0.39, 0.29) is 23.5 Å². The molecule has 1 aliphatic rings. The van der Waals surface area contributed by atoms with Crippen LogP contribution in [0, 0.1) is 0 Å². The number of fused-ring (bicyclic) bond motifs is 1. The van der Waals surface area contributed by atoms with Crippen LogP contribution in [0.2, 0.25) is 0 Å². The summed E-state index contributed by atoms with van der Waals surface area (Å²) < 4.78 is 12.2. The minimum atomic E-state index is -0.584. The molecule has 1 aromatic carbocycles. The summed E-state index contributed by atoms with van der Waals surface area (Å²) in [6.07, 6.45) is 2.82. The third-order valence-corrected chi connectivity index (χ3v) is 5.76. The summed E-state index contributed by atoms with van der Waals surface area (Å²) in [5, 5.41) is 4.72. The molecule has 2 aromatic heterocycles. The second-order valence-corrected chi connectivity index (χ2v) is 10.2. The first-order valence-corrected chi connectivity index (χ1v) is 12.2. The van der Waals surface area contributed by atoms with Gasteiger partial charge in [-0.05, 0) is 33.6 Å². The fourth-order valence-electron chi connectivity index (χ4n) is 4.14. The Morgan fingerprint density at radius 3 is 2.54 bits per heavy atom. The van der Waals surface area contributed by atoms with Crippen LogP contribution in [0.15, 0.2) is 35.3 Å². The zero-order valence-electron chi connectivity index (χ0n) is 22.1. The summed E-state index contributed by atoms with van der Waals surface area (Å²) in [5.74, 6) is 0.0653. The number of aromatic nitrogens is 4. The molecule has 1 atom stereocenters. The van der Waals surface area contributed by atoms with Gasteiger partial charge in [0.25, 0.3) is 5.95 Å². The Balaban J connectivity index is 1.83. The van der Waals surface area contributed by atoms with Crippen molar-refractivity contribution in [3.8, 4) is 11.3 Å². The Bertz CT molecular complexity index is 1310. The molecule has 11 heteroatoms. The molecule has 1 saturated heterocycles. The average Bonchev–Trinajstić information content (AvgIpc) is 3.31.